The third kappa shape index (κ3) is 2.28. The van der Waals surface area contributed by atoms with Gasteiger partial charge >= 0.3 is 0 Å². The number of ether oxygens (including phenoxy) is 1. The van der Waals surface area contributed by atoms with Crippen LogP contribution in [0.3, 0.4) is 0 Å². The summed E-state index contributed by atoms with van der Waals surface area (Å²) in [5.74, 6) is 0. The van der Waals surface area contributed by atoms with Crippen LogP contribution >= 0.6 is 12.4 Å². The molecule has 21 heavy (non-hydrogen) atoms. The van der Waals surface area contributed by atoms with Gasteiger partial charge in [0.05, 0.1) is 12.3 Å². The second-order valence-electron chi connectivity index (χ2n) is 6.24. The van der Waals surface area contributed by atoms with Gasteiger partial charge in [0.1, 0.15) is 5.60 Å². The number of benzene rings is 1. The first kappa shape index (κ1) is 16.3. The zero-order chi connectivity index (χ0) is 14.5. The van der Waals surface area contributed by atoms with Crippen LogP contribution in [0.4, 0.5) is 0 Å². The molecule has 0 bridgehead atoms. The Hall–Kier alpha value is -1.03. The van der Waals surface area contributed by atoms with Gasteiger partial charge in [-0.2, -0.15) is 0 Å². The molecule has 2 aromatic rings. The highest BCUT2D eigenvalue weighted by atomic mass is 35.5. The van der Waals surface area contributed by atoms with E-state index in [9.17, 15) is 0 Å². The largest absolute Gasteiger partial charge is 0.366 e. The van der Waals surface area contributed by atoms with Gasteiger partial charge in [0.2, 0.25) is 0 Å². The van der Waals surface area contributed by atoms with Crippen LogP contribution in [0.2, 0.25) is 0 Å². The maximum Gasteiger partial charge on any atom is 0.121 e. The molecule has 116 valence electrons. The van der Waals surface area contributed by atoms with E-state index in [0.717, 1.165) is 13.2 Å². The molecule has 1 aromatic heterocycles. The number of para-hydroxylation sites is 1. The number of halogens is 1. The quantitative estimate of drug-likeness (QED) is 0.844. The summed E-state index contributed by atoms with van der Waals surface area (Å²) in [5, 5.41) is 1.35. The highest BCUT2D eigenvalue weighted by Crippen LogP contribution is 2.40. The van der Waals surface area contributed by atoms with Crippen molar-refractivity contribution >= 4 is 23.3 Å². The van der Waals surface area contributed by atoms with Crippen molar-refractivity contribution in [3.05, 3.63) is 35.5 Å². The third-order valence-corrected chi connectivity index (χ3v) is 4.98. The van der Waals surface area contributed by atoms with Gasteiger partial charge in [0.25, 0.3) is 0 Å². The van der Waals surface area contributed by atoms with E-state index in [4.69, 9.17) is 4.74 Å². The summed E-state index contributed by atoms with van der Waals surface area (Å²) in [6, 6.07) is 9.00. The van der Waals surface area contributed by atoms with E-state index in [1.165, 1.54) is 22.2 Å². The van der Waals surface area contributed by atoms with Crippen molar-refractivity contribution in [2.75, 3.05) is 20.7 Å². The normalized spacial score (nSPS) is 23.0. The van der Waals surface area contributed by atoms with Crippen LogP contribution in [-0.2, 0) is 16.9 Å². The number of aromatic nitrogens is 1. The SMILES string of the molecule is Cc1c2n(c3ccccc13)CCOC2(C)C(C)N(C)C.Cl. The van der Waals surface area contributed by atoms with Crippen molar-refractivity contribution in [3.63, 3.8) is 0 Å². The van der Waals surface area contributed by atoms with E-state index in [0.29, 0.717) is 6.04 Å². The molecule has 2 unspecified atom stereocenters. The molecule has 0 amide bonds. The number of hydrogen-bond donors (Lipinski definition) is 0. The van der Waals surface area contributed by atoms with E-state index in [1.807, 2.05) is 0 Å². The van der Waals surface area contributed by atoms with Crippen LogP contribution in [0, 0.1) is 6.92 Å². The van der Waals surface area contributed by atoms with Gasteiger partial charge in [-0.15, -0.1) is 12.4 Å². The number of aryl methyl sites for hydroxylation is 1. The average Bonchev–Trinajstić information content (AvgIpc) is 2.73. The Morgan fingerprint density at radius 3 is 2.62 bits per heavy atom. The molecule has 4 heteroatoms. The van der Waals surface area contributed by atoms with Crippen LogP contribution in [0.1, 0.15) is 25.1 Å². The molecule has 0 aliphatic carbocycles. The summed E-state index contributed by atoms with van der Waals surface area (Å²) in [6.45, 7) is 8.42. The van der Waals surface area contributed by atoms with Crippen molar-refractivity contribution in [2.24, 2.45) is 0 Å². The Kier molecular flexibility index (Phi) is 4.39. The molecule has 1 aliphatic heterocycles. The number of fused-ring (bicyclic) bond motifs is 3. The Morgan fingerprint density at radius 1 is 1.29 bits per heavy atom. The summed E-state index contributed by atoms with van der Waals surface area (Å²) in [7, 11) is 4.24. The molecule has 1 aliphatic rings. The Labute approximate surface area is 133 Å². The minimum atomic E-state index is -0.259. The van der Waals surface area contributed by atoms with Gasteiger partial charge < -0.3 is 14.2 Å². The maximum atomic E-state index is 6.26. The molecule has 0 N–H and O–H groups in total. The van der Waals surface area contributed by atoms with Gasteiger partial charge in [-0.05, 0) is 46.5 Å². The molecule has 0 fully saturated rings. The molecule has 3 rings (SSSR count). The predicted octanol–water partition coefficient (Wildman–Crippen LogP) is 3.57. The van der Waals surface area contributed by atoms with Crippen molar-refractivity contribution in [1.82, 2.24) is 9.47 Å². The molecule has 0 radical (unpaired) electrons. The second kappa shape index (κ2) is 5.64. The zero-order valence-corrected chi connectivity index (χ0v) is 14.3. The molecule has 2 atom stereocenters. The van der Waals surface area contributed by atoms with Crippen molar-refractivity contribution in [3.8, 4) is 0 Å². The Morgan fingerprint density at radius 2 is 1.95 bits per heavy atom. The zero-order valence-electron chi connectivity index (χ0n) is 13.5. The average molecular weight is 309 g/mol. The first-order chi connectivity index (χ1) is 9.47. The lowest BCUT2D eigenvalue weighted by Gasteiger charge is -2.43. The van der Waals surface area contributed by atoms with Gasteiger partial charge in [-0.3, -0.25) is 0 Å². The molecule has 2 heterocycles. The van der Waals surface area contributed by atoms with E-state index >= 15 is 0 Å². The van der Waals surface area contributed by atoms with Gasteiger partial charge in [-0.25, -0.2) is 0 Å². The minimum absolute atomic E-state index is 0. The lowest BCUT2D eigenvalue weighted by atomic mass is 9.89. The summed E-state index contributed by atoms with van der Waals surface area (Å²) >= 11 is 0. The van der Waals surface area contributed by atoms with Gasteiger partial charge in [-0.1, -0.05) is 18.2 Å². The molecule has 0 saturated carbocycles. The van der Waals surface area contributed by atoms with E-state index in [1.54, 1.807) is 0 Å². The Balaban J connectivity index is 0.00000161. The predicted molar refractivity (Wildman–Crippen MR) is 90.4 cm³/mol. The third-order valence-electron chi connectivity index (χ3n) is 4.98. The monoisotopic (exact) mass is 308 g/mol. The van der Waals surface area contributed by atoms with Gasteiger partial charge in [0.15, 0.2) is 0 Å². The molecular weight excluding hydrogens is 284 g/mol. The summed E-state index contributed by atoms with van der Waals surface area (Å²) in [5.41, 5.74) is 3.77. The number of likely N-dealkylation sites (N-methyl/N-ethyl adjacent to an activating group) is 1. The maximum absolute atomic E-state index is 6.26. The van der Waals surface area contributed by atoms with Crippen LogP contribution in [0.25, 0.3) is 10.9 Å². The second-order valence-corrected chi connectivity index (χ2v) is 6.24. The summed E-state index contributed by atoms with van der Waals surface area (Å²) in [6.07, 6.45) is 0. The fraction of sp³-hybridized carbons (Fsp3) is 0.529. The van der Waals surface area contributed by atoms with Crippen LogP contribution < -0.4 is 0 Å². The lowest BCUT2D eigenvalue weighted by Crippen LogP contribution is -2.50. The number of hydrogen-bond acceptors (Lipinski definition) is 2. The standard InChI is InChI=1S/C17H24N2O.ClH/c1-12-14-8-6-7-9-15(14)19-10-11-20-17(3,16(12)19)13(2)18(4)5;/h6-9,13H,10-11H2,1-5H3;1H. The lowest BCUT2D eigenvalue weighted by molar-refractivity contribution is -0.105. The Bertz CT molecular complexity index is 650. The van der Waals surface area contributed by atoms with Crippen molar-refractivity contribution < 1.29 is 4.74 Å². The highest BCUT2D eigenvalue weighted by Gasteiger charge is 2.42. The molecular formula is C17H25ClN2O. The van der Waals surface area contributed by atoms with Crippen molar-refractivity contribution in [1.29, 1.82) is 0 Å². The van der Waals surface area contributed by atoms with Crippen molar-refractivity contribution in [2.45, 2.75) is 39.0 Å². The first-order valence-electron chi connectivity index (χ1n) is 7.35. The van der Waals surface area contributed by atoms with E-state index < -0.39 is 0 Å². The topological polar surface area (TPSA) is 17.4 Å². The van der Waals surface area contributed by atoms with Crippen LogP contribution in [-0.4, -0.2) is 36.2 Å². The molecule has 3 nitrogen and oxygen atoms in total. The summed E-state index contributed by atoms with van der Waals surface area (Å²) in [4.78, 5) is 2.24. The van der Waals surface area contributed by atoms with Crippen LogP contribution in [0.15, 0.2) is 24.3 Å². The molecule has 1 aromatic carbocycles. The fourth-order valence-corrected chi connectivity index (χ4v) is 3.58. The van der Waals surface area contributed by atoms with Crippen LogP contribution in [0.5, 0.6) is 0 Å². The molecule has 0 spiro atoms. The minimum Gasteiger partial charge on any atom is -0.366 e. The first-order valence-corrected chi connectivity index (χ1v) is 7.35. The molecule has 0 saturated heterocycles. The number of rotatable bonds is 2. The fourth-order valence-electron chi connectivity index (χ4n) is 3.58. The number of nitrogens with zero attached hydrogens (tertiary/aromatic N) is 2. The summed E-state index contributed by atoms with van der Waals surface area (Å²) < 4.78 is 8.72. The van der Waals surface area contributed by atoms with Gasteiger partial charge in [0, 0.05) is 23.5 Å². The highest BCUT2D eigenvalue weighted by molar-refractivity contribution is 5.86. The smallest absolute Gasteiger partial charge is 0.121 e. The van der Waals surface area contributed by atoms with E-state index in [2.05, 4.69) is 68.6 Å². The van der Waals surface area contributed by atoms with E-state index in [-0.39, 0.29) is 18.0 Å².